The molecule has 0 unspecified atom stereocenters. The Morgan fingerprint density at radius 1 is 0.774 bits per heavy atom. The molecule has 2 aromatic rings. The van der Waals surface area contributed by atoms with Crippen molar-refractivity contribution in [2.45, 2.75) is 90.4 Å². The van der Waals surface area contributed by atoms with Gasteiger partial charge >= 0.3 is 0 Å². The SMILES string of the molecule is CCCCCCCCOc1ccc(-c2ccc(C3CCC(CC)CC3)cc2)c(F)c1F. The largest absolute Gasteiger partial charge is 0.490 e. The van der Waals surface area contributed by atoms with Gasteiger partial charge in [0.05, 0.1) is 6.61 Å². The van der Waals surface area contributed by atoms with Gasteiger partial charge in [0.15, 0.2) is 11.6 Å². The van der Waals surface area contributed by atoms with Crippen LogP contribution in [0.4, 0.5) is 8.78 Å². The first kappa shape index (κ1) is 23.8. The molecule has 1 nitrogen and oxygen atoms in total. The molecular formula is C28H38F2O. The fraction of sp³-hybridized carbons (Fsp3) is 0.571. The molecular weight excluding hydrogens is 390 g/mol. The zero-order valence-corrected chi connectivity index (χ0v) is 19.3. The molecule has 3 heteroatoms. The van der Waals surface area contributed by atoms with E-state index in [4.69, 9.17) is 4.74 Å². The molecule has 1 saturated carbocycles. The van der Waals surface area contributed by atoms with E-state index in [0.29, 0.717) is 23.7 Å². The number of hydrogen-bond acceptors (Lipinski definition) is 1. The highest BCUT2D eigenvalue weighted by Gasteiger charge is 2.21. The van der Waals surface area contributed by atoms with Gasteiger partial charge < -0.3 is 4.74 Å². The van der Waals surface area contributed by atoms with Crippen molar-refractivity contribution in [2.24, 2.45) is 5.92 Å². The molecule has 0 aliphatic heterocycles. The third-order valence-electron chi connectivity index (χ3n) is 6.92. The molecule has 0 bridgehead atoms. The summed E-state index contributed by atoms with van der Waals surface area (Å²) >= 11 is 0. The van der Waals surface area contributed by atoms with Crippen molar-refractivity contribution in [3.8, 4) is 16.9 Å². The molecule has 31 heavy (non-hydrogen) atoms. The fourth-order valence-electron chi connectivity index (χ4n) is 4.77. The molecule has 1 aliphatic rings. The molecule has 0 aromatic heterocycles. The predicted octanol–water partition coefficient (Wildman–Crippen LogP) is 9.05. The summed E-state index contributed by atoms with van der Waals surface area (Å²) in [6.45, 7) is 4.89. The van der Waals surface area contributed by atoms with Crippen LogP contribution >= 0.6 is 0 Å². The average molecular weight is 429 g/mol. The van der Waals surface area contributed by atoms with E-state index in [2.05, 4.69) is 26.0 Å². The van der Waals surface area contributed by atoms with Crippen molar-refractivity contribution < 1.29 is 13.5 Å². The van der Waals surface area contributed by atoms with Gasteiger partial charge in [-0.15, -0.1) is 0 Å². The van der Waals surface area contributed by atoms with E-state index in [1.807, 2.05) is 12.1 Å². The third-order valence-corrected chi connectivity index (χ3v) is 6.92. The van der Waals surface area contributed by atoms with E-state index in [1.165, 1.54) is 63.4 Å². The van der Waals surface area contributed by atoms with Crippen LogP contribution in [0.25, 0.3) is 11.1 Å². The number of rotatable bonds is 11. The molecule has 1 fully saturated rings. The summed E-state index contributed by atoms with van der Waals surface area (Å²) in [5.41, 5.74) is 2.33. The maximum atomic E-state index is 14.7. The van der Waals surface area contributed by atoms with Gasteiger partial charge in [-0.3, -0.25) is 0 Å². The van der Waals surface area contributed by atoms with E-state index < -0.39 is 11.6 Å². The molecule has 170 valence electrons. The predicted molar refractivity (Wildman–Crippen MR) is 126 cm³/mol. The van der Waals surface area contributed by atoms with Crippen LogP contribution in [0.5, 0.6) is 5.75 Å². The summed E-state index contributed by atoms with van der Waals surface area (Å²) in [7, 11) is 0. The molecule has 3 rings (SSSR count). The molecule has 0 heterocycles. The summed E-state index contributed by atoms with van der Waals surface area (Å²) < 4.78 is 34.8. The van der Waals surface area contributed by atoms with Crippen LogP contribution in [0.1, 0.15) is 96.0 Å². The molecule has 0 atom stereocenters. The summed E-state index contributed by atoms with van der Waals surface area (Å²) in [6, 6.07) is 11.2. The molecule has 1 aliphatic carbocycles. The molecule has 0 N–H and O–H groups in total. The van der Waals surface area contributed by atoms with Gasteiger partial charge in [0.1, 0.15) is 0 Å². The van der Waals surface area contributed by atoms with Crippen LogP contribution in [0.3, 0.4) is 0 Å². The van der Waals surface area contributed by atoms with Gasteiger partial charge in [-0.25, -0.2) is 4.39 Å². The number of benzene rings is 2. The van der Waals surface area contributed by atoms with Crippen molar-refractivity contribution in [2.75, 3.05) is 6.61 Å². The minimum atomic E-state index is -0.884. The highest BCUT2D eigenvalue weighted by Crippen LogP contribution is 2.38. The first-order valence-corrected chi connectivity index (χ1v) is 12.3. The second-order valence-corrected chi connectivity index (χ2v) is 9.10. The van der Waals surface area contributed by atoms with Crippen molar-refractivity contribution >= 4 is 0 Å². The maximum absolute atomic E-state index is 14.7. The molecule has 0 saturated heterocycles. The molecule has 0 amide bonds. The highest BCUT2D eigenvalue weighted by atomic mass is 19.2. The van der Waals surface area contributed by atoms with Crippen LogP contribution in [0.2, 0.25) is 0 Å². The second kappa shape index (κ2) is 12.2. The first-order valence-electron chi connectivity index (χ1n) is 12.3. The van der Waals surface area contributed by atoms with Gasteiger partial charge in [0.25, 0.3) is 0 Å². The smallest absolute Gasteiger partial charge is 0.201 e. The lowest BCUT2D eigenvalue weighted by Gasteiger charge is -2.28. The minimum Gasteiger partial charge on any atom is -0.490 e. The van der Waals surface area contributed by atoms with Crippen molar-refractivity contribution in [3.63, 3.8) is 0 Å². The van der Waals surface area contributed by atoms with E-state index in [1.54, 1.807) is 12.1 Å². The lowest BCUT2D eigenvalue weighted by Crippen LogP contribution is -2.12. The fourth-order valence-corrected chi connectivity index (χ4v) is 4.77. The van der Waals surface area contributed by atoms with E-state index >= 15 is 0 Å². The Morgan fingerprint density at radius 3 is 2.13 bits per heavy atom. The topological polar surface area (TPSA) is 9.23 Å². The summed E-state index contributed by atoms with van der Waals surface area (Å²) in [4.78, 5) is 0. The Balaban J connectivity index is 1.57. The monoisotopic (exact) mass is 428 g/mol. The van der Waals surface area contributed by atoms with Crippen LogP contribution in [-0.2, 0) is 0 Å². The third kappa shape index (κ3) is 6.54. The van der Waals surface area contributed by atoms with E-state index in [0.717, 1.165) is 18.8 Å². The normalized spacial score (nSPS) is 18.8. The van der Waals surface area contributed by atoms with Crippen LogP contribution in [0.15, 0.2) is 36.4 Å². The van der Waals surface area contributed by atoms with E-state index in [-0.39, 0.29) is 5.75 Å². The molecule has 0 radical (unpaired) electrons. The second-order valence-electron chi connectivity index (χ2n) is 9.10. The quantitative estimate of drug-likeness (QED) is 0.324. The molecule has 2 aromatic carbocycles. The average Bonchev–Trinajstić information content (AvgIpc) is 2.81. The maximum Gasteiger partial charge on any atom is 0.201 e. The van der Waals surface area contributed by atoms with Crippen LogP contribution in [0, 0.1) is 17.6 Å². The van der Waals surface area contributed by atoms with Gasteiger partial charge in [-0.2, -0.15) is 4.39 Å². The number of hydrogen-bond donors (Lipinski definition) is 0. The Bertz CT molecular complexity index is 791. The van der Waals surface area contributed by atoms with Crippen LogP contribution < -0.4 is 4.74 Å². The van der Waals surface area contributed by atoms with Gasteiger partial charge in [-0.05, 0) is 67.2 Å². The zero-order chi connectivity index (χ0) is 22.1. The number of unbranched alkanes of at least 4 members (excludes halogenated alkanes) is 5. The molecule has 0 spiro atoms. The number of halogens is 2. The Kier molecular flexibility index (Phi) is 9.36. The van der Waals surface area contributed by atoms with Gasteiger partial charge in [0, 0.05) is 5.56 Å². The Hall–Kier alpha value is -1.90. The van der Waals surface area contributed by atoms with Gasteiger partial charge in [0.2, 0.25) is 5.82 Å². The summed E-state index contributed by atoms with van der Waals surface area (Å²) in [5.74, 6) is -0.230. The van der Waals surface area contributed by atoms with E-state index in [9.17, 15) is 8.78 Å². The number of ether oxygens (including phenoxy) is 1. The lowest BCUT2D eigenvalue weighted by atomic mass is 9.77. The zero-order valence-electron chi connectivity index (χ0n) is 19.3. The Labute approximate surface area is 187 Å². The summed E-state index contributed by atoms with van der Waals surface area (Å²) in [5, 5.41) is 0. The summed E-state index contributed by atoms with van der Waals surface area (Å²) in [6.07, 6.45) is 13.1. The van der Waals surface area contributed by atoms with Crippen LogP contribution in [-0.4, -0.2) is 6.61 Å². The van der Waals surface area contributed by atoms with Crippen molar-refractivity contribution in [3.05, 3.63) is 53.6 Å². The van der Waals surface area contributed by atoms with Gasteiger partial charge in [-0.1, -0.05) is 76.6 Å². The Morgan fingerprint density at radius 2 is 1.45 bits per heavy atom. The highest BCUT2D eigenvalue weighted by molar-refractivity contribution is 5.65. The van der Waals surface area contributed by atoms with Crippen molar-refractivity contribution in [1.82, 2.24) is 0 Å². The minimum absolute atomic E-state index is 0.0131. The first-order chi connectivity index (χ1) is 15.1. The lowest BCUT2D eigenvalue weighted by molar-refractivity contribution is 0.285. The standard InChI is InChI=1S/C28H38F2O/c1-3-5-6-7-8-9-20-31-26-19-18-25(27(29)28(26)30)24-16-14-23(15-17-24)22-12-10-21(4-2)11-13-22/h14-19,21-22H,3-13,20H2,1-2H3. The van der Waals surface area contributed by atoms with Crippen molar-refractivity contribution in [1.29, 1.82) is 0 Å².